The number of hydrogen-bond acceptors (Lipinski definition) is 6. The van der Waals surface area contributed by atoms with Crippen molar-refractivity contribution in [3.05, 3.63) is 146 Å². The fourth-order valence-corrected chi connectivity index (χ4v) is 6.99. The zero-order chi connectivity index (χ0) is 29.9. The number of aromatic hydroxyl groups is 2. The van der Waals surface area contributed by atoms with Gasteiger partial charge < -0.3 is 10.2 Å². The SMILES string of the molecule is Oc1ccc(-c2ccccc2)cc1-c1nc2ccccc2s1.Oc1ccc(-c2ccccc2)cc1-c1nc2ccccc2s1.[Zn]. The Balaban J connectivity index is 0.000000155. The Morgan fingerprint density at radius 3 is 1.18 bits per heavy atom. The standard InChI is InChI=1S/2C19H13NOS.Zn/c2*21-17-11-10-14(13-6-2-1-3-7-13)12-15(17)19-20-16-8-4-5-9-18(16)22-19;/h2*1-12,21H;. The maximum Gasteiger partial charge on any atom is 0.128 e. The molecule has 0 atom stereocenters. The van der Waals surface area contributed by atoms with Crippen molar-refractivity contribution in [3.8, 4) is 54.9 Å². The molecular formula is C38H26N2O2S2Zn. The molecule has 2 aromatic heterocycles. The molecule has 0 aliphatic heterocycles. The fraction of sp³-hybridized carbons (Fsp3) is 0. The monoisotopic (exact) mass is 670 g/mol. The van der Waals surface area contributed by atoms with Gasteiger partial charge in [0, 0.05) is 19.5 Å². The molecule has 0 aliphatic rings. The first-order valence-corrected chi connectivity index (χ1v) is 15.7. The Labute approximate surface area is 281 Å². The van der Waals surface area contributed by atoms with Crippen LogP contribution in [0.3, 0.4) is 0 Å². The molecule has 2 heterocycles. The Bertz CT molecular complexity index is 1990. The van der Waals surface area contributed by atoms with Crippen LogP contribution < -0.4 is 0 Å². The number of rotatable bonds is 4. The zero-order valence-electron chi connectivity index (χ0n) is 24.2. The summed E-state index contributed by atoms with van der Waals surface area (Å²) in [5.74, 6) is 0.525. The van der Waals surface area contributed by atoms with Crippen LogP contribution in [0.2, 0.25) is 0 Å². The number of benzene rings is 6. The molecule has 8 rings (SSSR count). The molecule has 2 N–H and O–H groups in total. The first-order chi connectivity index (χ1) is 21.6. The summed E-state index contributed by atoms with van der Waals surface area (Å²) in [6, 6.07) is 47.7. The molecule has 6 aromatic carbocycles. The predicted octanol–water partition coefficient (Wildman–Crippen LogP) is 10.7. The van der Waals surface area contributed by atoms with Crippen molar-refractivity contribution in [2.24, 2.45) is 0 Å². The molecule has 214 valence electrons. The average molecular weight is 672 g/mol. The van der Waals surface area contributed by atoms with Crippen molar-refractivity contribution in [2.75, 3.05) is 0 Å². The van der Waals surface area contributed by atoms with E-state index in [2.05, 4.69) is 46.4 Å². The Morgan fingerprint density at radius 1 is 0.400 bits per heavy atom. The Kier molecular flexibility index (Phi) is 9.13. The molecule has 0 radical (unpaired) electrons. The summed E-state index contributed by atoms with van der Waals surface area (Å²) in [6.07, 6.45) is 0. The average Bonchev–Trinajstić information content (AvgIpc) is 3.71. The molecule has 0 aliphatic carbocycles. The van der Waals surface area contributed by atoms with E-state index in [1.165, 1.54) is 0 Å². The van der Waals surface area contributed by atoms with Crippen LogP contribution in [0, 0.1) is 0 Å². The van der Waals surface area contributed by atoms with E-state index in [1.807, 2.05) is 97.1 Å². The Morgan fingerprint density at radius 2 is 0.778 bits per heavy atom. The van der Waals surface area contributed by atoms with E-state index in [1.54, 1.807) is 34.8 Å². The third-order valence-corrected chi connectivity index (χ3v) is 9.40. The van der Waals surface area contributed by atoms with Crippen molar-refractivity contribution in [1.29, 1.82) is 0 Å². The summed E-state index contributed by atoms with van der Waals surface area (Å²) in [7, 11) is 0. The second-order valence-electron chi connectivity index (χ2n) is 10.2. The minimum absolute atomic E-state index is 0. The third-order valence-electron chi connectivity index (χ3n) is 7.26. The molecule has 0 spiro atoms. The van der Waals surface area contributed by atoms with Gasteiger partial charge in [0.25, 0.3) is 0 Å². The second-order valence-corrected chi connectivity index (χ2v) is 12.2. The summed E-state index contributed by atoms with van der Waals surface area (Å²) < 4.78 is 2.25. The summed E-state index contributed by atoms with van der Waals surface area (Å²) >= 11 is 3.19. The number of aromatic nitrogens is 2. The van der Waals surface area contributed by atoms with Crippen LogP contribution in [-0.4, -0.2) is 20.2 Å². The summed E-state index contributed by atoms with van der Waals surface area (Å²) in [5.41, 5.74) is 7.90. The van der Waals surface area contributed by atoms with Gasteiger partial charge in [-0.3, -0.25) is 0 Å². The number of phenolic OH excluding ortho intramolecular Hbond substituents is 2. The van der Waals surface area contributed by atoms with Gasteiger partial charge in [0.2, 0.25) is 0 Å². The maximum atomic E-state index is 10.2. The number of thiazole rings is 2. The molecule has 0 fully saturated rings. The molecular weight excluding hydrogens is 646 g/mol. The van der Waals surface area contributed by atoms with E-state index in [4.69, 9.17) is 0 Å². The van der Waals surface area contributed by atoms with Gasteiger partial charge in [-0.25, -0.2) is 9.97 Å². The minimum Gasteiger partial charge on any atom is -0.507 e. The predicted molar refractivity (Wildman–Crippen MR) is 184 cm³/mol. The zero-order valence-corrected chi connectivity index (χ0v) is 28.8. The van der Waals surface area contributed by atoms with Crippen molar-refractivity contribution < 1.29 is 29.7 Å². The van der Waals surface area contributed by atoms with Crippen LogP contribution in [0.25, 0.3) is 63.8 Å². The molecule has 0 saturated carbocycles. The molecule has 45 heavy (non-hydrogen) atoms. The van der Waals surface area contributed by atoms with E-state index in [9.17, 15) is 10.2 Å². The molecule has 0 amide bonds. The van der Waals surface area contributed by atoms with E-state index >= 15 is 0 Å². The molecule has 4 nitrogen and oxygen atoms in total. The van der Waals surface area contributed by atoms with Gasteiger partial charge in [-0.15, -0.1) is 22.7 Å². The van der Waals surface area contributed by atoms with E-state index in [0.717, 1.165) is 63.8 Å². The molecule has 0 unspecified atom stereocenters. The second kappa shape index (κ2) is 13.5. The Hall–Kier alpha value is -4.68. The van der Waals surface area contributed by atoms with Gasteiger partial charge in [-0.1, -0.05) is 97.1 Å². The van der Waals surface area contributed by atoms with Crippen molar-refractivity contribution in [3.63, 3.8) is 0 Å². The smallest absolute Gasteiger partial charge is 0.128 e. The van der Waals surface area contributed by atoms with Crippen LogP contribution in [0.1, 0.15) is 0 Å². The van der Waals surface area contributed by atoms with Gasteiger partial charge >= 0.3 is 0 Å². The van der Waals surface area contributed by atoms with Crippen molar-refractivity contribution in [1.82, 2.24) is 9.97 Å². The quantitative estimate of drug-likeness (QED) is 0.183. The van der Waals surface area contributed by atoms with Gasteiger partial charge in [0.1, 0.15) is 21.5 Å². The van der Waals surface area contributed by atoms with Crippen LogP contribution in [0.15, 0.2) is 146 Å². The van der Waals surface area contributed by atoms with Crippen LogP contribution in [0.5, 0.6) is 11.5 Å². The van der Waals surface area contributed by atoms with Crippen LogP contribution >= 0.6 is 22.7 Å². The fourth-order valence-electron chi connectivity index (χ4n) is 5.01. The van der Waals surface area contributed by atoms with E-state index in [0.29, 0.717) is 0 Å². The summed E-state index contributed by atoms with van der Waals surface area (Å²) in [4.78, 5) is 9.27. The largest absolute Gasteiger partial charge is 0.507 e. The number of nitrogens with zero attached hydrogens (tertiary/aromatic N) is 2. The number of para-hydroxylation sites is 2. The van der Waals surface area contributed by atoms with Crippen molar-refractivity contribution in [2.45, 2.75) is 0 Å². The van der Waals surface area contributed by atoms with E-state index in [-0.39, 0.29) is 31.0 Å². The molecule has 7 heteroatoms. The van der Waals surface area contributed by atoms with E-state index < -0.39 is 0 Å². The normalized spacial score (nSPS) is 10.7. The van der Waals surface area contributed by atoms with Gasteiger partial charge in [0.05, 0.1) is 31.6 Å². The minimum atomic E-state index is 0. The van der Waals surface area contributed by atoms with Crippen molar-refractivity contribution >= 4 is 43.1 Å². The number of fused-ring (bicyclic) bond motifs is 2. The van der Waals surface area contributed by atoms with Crippen LogP contribution in [0.4, 0.5) is 0 Å². The first-order valence-electron chi connectivity index (χ1n) is 14.1. The number of hydrogen-bond donors (Lipinski definition) is 2. The first kappa shape index (κ1) is 30.4. The van der Waals surface area contributed by atoms with Gasteiger partial charge in [0.15, 0.2) is 0 Å². The number of phenols is 2. The summed E-state index contributed by atoms with van der Waals surface area (Å²) in [6.45, 7) is 0. The van der Waals surface area contributed by atoms with Gasteiger partial charge in [-0.05, 0) is 70.8 Å². The van der Waals surface area contributed by atoms with Crippen LogP contribution in [-0.2, 0) is 19.5 Å². The molecule has 0 saturated heterocycles. The molecule has 0 bridgehead atoms. The summed E-state index contributed by atoms with van der Waals surface area (Å²) in [5, 5.41) is 22.1. The molecule has 8 aromatic rings. The third kappa shape index (κ3) is 6.57. The topological polar surface area (TPSA) is 66.2 Å². The van der Waals surface area contributed by atoms with Gasteiger partial charge in [-0.2, -0.15) is 0 Å². The maximum absolute atomic E-state index is 10.2.